The minimum atomic E-state index is 0.0837. The lowest BCUT2D eigenvalue weighted by Crippen LogP contribution is -2.47. The Morgan fingerprint density at radius 1 is 1.12 bits per heavy atom. The molecule has 0 atom stereocenters. The van der Waals surface area contributed by atoms with Crippen LogP contribution in [-0.4, -0.2) is 37.6 Å². The lowest BCUT2D eigenvalue weighted by molar-refractivity contribution is 0.288. The predicted molar refractivity (Wildman–Crippen MR) is 70.2 cm³/mol. The molecule has 1 aliphatic rings. The van der Waals surface area contributed by atoms with Crippen LogP contribution in [0.15, 0.2) is 35.1 Å². The van der Waals surface area contributed by atoms with E-state index in [1.807, 2.05) is 18.2 Å². The summed E-state index contributed by atoms with van der Waals surface area (Å²) < 4.78 is 0. The molecule has 3 nitrogen and oxygen atoms in total. The number of hydrogen-bond acceptors (Lipinski definition) is 3. The molecular weight excluding hydrogens is 212 g/mol. The van der Waals surface area contributed by atoms with E-state index < -0.39 is 0 Å². The van der Waals surface area contributed by atoms with Crippen molar-refractivity contribution in [1.82, 2.24) is 4.90 Å². The van der Waals surface area contributed by atoms with E-state index in [0.717, 1.165) is 31.9 Å². The fraction of sp³-hybridized carbons (Fsp3) is 0.357. The highest BCUT2D eigenvalue weighted by molar-refractivity contribution is 5.45. The van der Waals surface area contributed by atoms with E-state index in [4.69, 9.17) is 6.42 Å². The molecule has 0 radical (unpaired) electrons. The standard InChI is InChI=1S/C14H16N2O/c1-2-8-15-9-11-16(12-10-15)13-6-4-3-5-7-14(13)17/h1,3-7H,8-12H2. The van der Waals surface area contributed by atoms with Gasteiger partial charge in [0.15, 0.2) is 0 Å². The zero-order valence-electron chi connectivity index (χ0n) is 9.80. The molecule has 1 aromatic rings. The highest BCUT2D eigenvalue weighted by Crippen LogP contribution is 2.10. The second-order valence-corrected chi connectivity index (χ2v) is 4.13. The highest BCUT2D eigenvalue weighted by atomic mass is 16.1. The Morgan fingerprint density at radius 2 is 1.82 bits per heavy atom. The van der Waals surface area contributed by atoms with Crippen LogP contribution in [0, 0.1) is 12.3 Å². The van der Waals surface area contributed by atoms with Crippen LogP contribution in [0.4, 0.5) is 5.69 Å². The number of nitrogens with zero attached hydrogens (tertiary/aromatic N) is 2. The maximum Gasteiger partial charge on any atom is 0.201 e. The predicted octanol–water partition coefficient (Wildman–Crippen LogP) is 0.802. The van der Waals surface area contributed by atoms with E-state index in [2.05, 4.69) is 15.7 Å². The summed E-state index contributed by atoms with van der Waals surface area (Å²) in [5.41, 5.74) is 0.871. The lowest BCUT2D eigenvalue weighted by Gasteiger charge is -2.34. The molecule has 88 valence electrons. The third-order valence-corrected chi connectivity index (χ3v) is 3.00. The lowest BCUT2D eigenvalue weighted by atomic mass is 10.2. The van der Waals surface area contributed by atoms with Crippen molar-refractivity contribution in [3.8, 4) is 12.3 Å². The van der Waals surface area contributed by atoms with E-state index in [1.54, 1.807) is 12.1 Å². The van der Waals surface area contributed by atoms with Gasteiger partial charge in [-0.1, -0.05) is 24.1 Å². The van der Waals surface area contributed by atoms with Gasteiger partial charge in [-0.3, -0.25) is 9.69 Å². The third-order valence-electron chi connectivity index (χ3n) is 3.00. The molecule has 2 rings (SSSR count). The second kappa shape index (κ2) is 5.51. The molecule has 0 aromatic heterocycles. The third kappa shape index (κ3) is 2.86. The van der Waals surface area contributed by atoms with Gasteiger partial charge in [0, 0.05) is 26.2 Å². The van der Waals surface area contributed by atoms with Gasteiger partial charge in [0.1, 0.15) is 0 Å². The fourth-order valence-electron chi connectivity index (χ4n) is 2.06. The molecule has 0 amide bonds. The van der Waals surface area contributed by atoms with Crippen LogP contribution in [0.25, 0.3) is 0 Å². The molecule has 1 aromatic carbocycles. The SMILES string of the molecule is C#CCN1CCN(c2cccccc2=O)CC1. The Balaban J connectivity index is 2.09. The van der Waals surface area contributed by atoms with Gasteiger partial charge >= 0.3 is 0 Å². The van der Waals surface area contributed by atoms with Gasteiger partial charge in [0.05, 0.1) is 12.2 Å². The van der Waals surface area contributed by atoms with Crippen LogP contribution >= 0.6 is 0 Å². The van der Waals surface area contributed by atoms with Crippen LogP contribution in [-0.2, 0) is 0 Å². The largest absolute Gasteiger partial charge is 0.366 e. The average Bonchev–Trinajstić information content (AvgIpc) is 2.56. The van der Waals surface area contributed by atoms with Crippen LogP contribution < -0.4 is 10.3 Å². The Morgan fingerprint density at radius 3 is 2.53 bits per heavy atom. The molecule has 0 N–H and O–H groups in total. The minimum Gasteiger partial charge on any atom is -0.366 e. The Labute approximate surface area is 102 Å². The maximum atomic E-state index is 11.8. The van der Waals surface area contributed by atoms with Gasteiger partial charge in [0.2, 0.25) is 5.43 Å². The number of terminal acetylenes is 1. The number of anilines is 1. The van der Waals surface area contributed by atoms with Crippen molar-refractivity contribution >= 4 is 5.69 Å². The second-order valence-electron chi connectivity index (χ2n) is 4.13. The molecule has 0 aliphatic carbocycles. The summed E-state index contributed by atoms with van der Waals surface area (Å²) in [4.78, 5) is 16.2. The smallest absolute Gasteiger partial charge is 0.201 e. The molecule has 0 unspecified atom stereocenters. The molecular formula is C14H16N2O. The molecule has 1 fully saturated rings. The topological polar surface area (TPSA) is 23.6 Å². The van der Waals surface area contributed by atoms with E-state index >= 15 is 0 Å². The van der Waals surface area contributed by atoms with Crippen LogP contribution in [0.3, 0.4) is 0 Å². The van der Waals surface area contributed by atoms with E-state index in [9.17, 15) is 4.79 Å². The summed E-state index contributed by atoms with van der Waals surface area (Å²) in [6.45, 7) is 4.26. The molecule has 3 heteroatoms. The van der Waals surface area contributed by atoms with Gasteiger partial charge in [-0.25, -0.2) is 0 Å². The summed E-state index contributed by atoms with van der Waals surface area (Å²) in [6.07, 6.45) is 5.29. The first-order valence-corrected chi connectivity index (χ1v) is 5.81. The molecule has 1 saturated heterocycles. The van der Waals surface area contributed by atoms with Crippen molar-refractivity contribution in [2.24, 2.45) is 0 Å². The number of piperazine rings is 1. The zero-order chi connectivity index (χ0) is 12.1. The number of hydrogen-bond donors (Lipinski definition) is 0. The molecule has 0 bridgehead atoms. The number of rotatable bonds is 2. The molecule has 17 heavy (non-hydrogen) atoms. The van der Waals surface area contributed by atoms with Gasteiger partial charge in [0.25, 0.3) is 0 Å². The molecule has 1 heterocycles. The van der Waals surface area contributed by atoms with Crippen LogP contribution in [0.1, 0.15) is 0 Å². The molecule has 0 spiro atoms. The van der Waals surface area contributed by atoms with Gasteiger partial charge in [-0.15, -0.1) is 6.42 Å². The van der Waals surface area contributed by atoms with Gasteiger partial charge in [-0.05, 0) is 12.1 Å². The fourth-order valence-corrected chi connectivity index (χ4v) is 2.06. The van der Waals surface area contributed by atoms with E-state index in [0.29, 0.717) is 6.54 Å². The zero-order valence-corrected chi connectivity index (χ0v) is 9.80. The van der Waals surface area contributed by atoms with E-state index in [-0.39, 0.29) is 5.43 Å². The molecule has 0 saturated carbocycles. The first kappa shape index (κ1) is 11.7. The van der Waals surface area contributed by atoms with Crippen molar-refractivity contribution in [1.29, 1.82) is 0 Å². The summed E-state index contributed by atoms with van der Waals surface area (Å²) in [5.74, 6) is 2.65. The minimum absolute atomic E-state index is 0.0837. The Kier molecular flexibility index (Phi) is 3.79. The van der Waals surface area contributed by atoms with Crippen molar-refractivity contribution in [3.63, 3.8) is 0 Å². The summed E-state index contributed by atoms with van der Waals surface area (Å²) in [6, 6.07) is 9.06. The van der Waals surface area contributed by atoms with Crippen LogP contribution in [0.2, 0.25) is 0 Å². The average molecular weight is 228 g/mol. The van der Waals surface area contributed by atoms with Crippen molar-refractivity contribution < 1.29 is 0 Å². The van der Waals surface area contributed by atoms with Gasteiger partial charge < -0.3 is 4.90 Å². The van der Waals surface area contributed by atoms with Crippen molar-refractivity contribution in [3.05, 3.63) is 40.6 Å². The first-order valence-electron chi connectivity index (χ1n) is 5.81. The van der Waals surface area contributed by atoms with Crippen LogP contribution in [0.5, 0.6) is 0 Å². The van der Waals surface area contributed by atoms with Gasteiger partial charge in [-0.2, -0.15) is 0 Å². The van der Waals surface area contributed by atoms with E-state index in [1.165, 1.54) is 0 Å². The Bertz CT molecular complexity index is 470. The van der Waals surface area contributed by atoms with Crippen molar-refractivity contribution in [2.45, 2.75) is 0 Å². The summed E-state index contributed by atoms with van der Waals surface area (Å²) in [5, 5.41) is 0. The monoisotopic (exact) mass is 228 g/mol. The highest BCUT2D eigenvalue weighted by Gasteiger charge is 2.17. The first-order chi connectivity index (χ1) is 8.31. The normalized spacial score (nSPS) is 16.5. The van der Waals surface area contributed by atoms with Crippen molar-refractivity contribution in [2.75, 3.05) is 37.6 Å². The summed E-state index contributed by atoms with van der Waals surface area (Å²) >= 11 is 0. The quantitative estimate of drug-likeness (QED) is 0.700. The Hall–Kier alpha value is -1.79. The molecule has 1 aliphatic heterocycles. The summed E-state index contributed by atoms with van der Waals surface area (Å²) in [7, 11) is 0. The maximum absolute atomic E-state index is 11.8.